The van der Waals surface area contributed by atoms with Crippen LogP contribution in [0.3, 0.4) is 0 Å². The number of anilines is 1. The number of ether oxygens (including phenoxy) is 1. The molecule has 10 heteroatoms. The van der Waals surface area contributed by atoms with Gasteiger partial charge in [0, 0.05) is 26.7 Å². The maximum absolute atomic E-state index is 14.0. The van der Waals surface area contributed by atoms with E-state index in [0.29, 0.717) is 17.9 Å². The van der Waals surface area contributed by atoms with Crippen LogP contribution >= 0.6 is 0 Å². The summed E-state index contributed by atoms with van der Waals surface area (Å²) in [5.74, 6) is -0.128. The zero-order valence-electron chi connectivity index (χ0n) is 23.8. The number of nitrogens with zero attached hydrogens (tertiary/aromatic N) is 3. The Hall–Kier alpha value is -3.11. The zero-order chi connectivity index (χ0) is 28.6. The van der Waals surface area contributed by atoms with Crippen molar-refractivity contribution in [3.63, 3.8) is 0 Å². The van der Waals surface area contributed by atoms with Gasteiger partial charge in [-0.1, -0.05) is 38.1 Å². The third-order valence-electron chi connectivity index (χ3n) is 6.53. The molecule has 2 aromatic rings. The maximum Gasteiger partial charge on any atom is 0.304 e. The molecule has 0 unspecified atom stereocenters. The van der Waals surface area contributed by atoms with Gasteiger partial charge in [-0.2, -0.15) is 12.7 Å². The normalized spacial score (nSPS) is 13.1. The van der Waals surface area contributed by atoms with E-state index in [9.17, 15) is 18.0 Å². The summed E-state index contributed by atoms with van der Waals surface area (Å²) < 4.78 is 34.4. The van der Waals surface area contributed by atoms with E-state index >= 15 is 0 Å². The first-order chi connectivity index (χ1) is 17.8. The van der Waals surface area contributed by atoms with Crippen LogP contribution in [-0.2, 0) is 26.3 Å². The number of carbonyl (C=O) groups excluding carboxylic acids is 2. The molecule has 2 atom stereocenters. The van der Waals surface area contributed by atoms with Crippen LogP contribution in [0.25, 0.3) is 0 Å². The monoisotopic (exact) mass is 546 g/mol. The van der Waals surface area contributed by atoms with Gasteiger partial charge in [0.15, 0.2) is 0 Å². The summed E-state index contributed by atoms with van der Waals surface area (Å²) in [7, 11) is 0.402. The Bertz CT molecular complexity index is 1220. The van der Waals surface area contributed by atoms with Gasteiger partial charge in [-0.3, -0.25) is 9.59 Å². The first-order valence-electron chi connectivity index (χ1n) is 12.9. The van der Waals surface area contributed by atoms with Crippen molar-refractivity contribution in [2.45, 2.75) is 66.1 Å². The number of rotatable bonds is 13. The standard InChI is InChI=1S/C28H42N4O5S/c1-9-22(5)29-28(34)25(10-2)31(18-23-12-11-13-24(17-23)37-8)27(33)19-32(38(35,36)30(6)7)26-16-20(3)14-15-21(26)4/h11-17,22,25H,9-10,18-19H2,1-8H3,(H,29,34)/t22-,25+/m1/s1. The minimum Gasteiger partial charge on any atom is -0.497 e. The predicted molar refractivity (Wildman–Crippen MR) is 151 cm³/mol. The van der Waals surface area contributed by atoms with Crippen molar-refractivity contribution in [1.29, 1.82) is 0 Å². The Morgan fingerprint density at radius 3 is 2.29 bits per heavy atom. The highest BCUT2D eigenvalue weighted by atomic mass is 32.2. The molecule has 2 amide bonds. The summed E-state index contributed by atoms with van der Waals surface area (Å²) >= 11 is 0. The second-order valence-corrected chi connectivity index (χ2v) is 11.8. The summed E-state index contributed by atoms with van der Waals surface area (Å²) in [6.45, 7) is 9.05. The number of hydrogen-bond donors (Lipinski definition) is 1. The van der Waals surface area contributed by atoms with Crippen LogP contribution in [-0.4, -0.2) is 69.3 Å². The molecular weight excluding hydrogens is 504 g/mol. The lowest BCUT2D eigenvalue weighted by atomic mass is 10.1. The van der Waals surface area contributed by atoms with Crippen LogP contribution < -0.4 is 14.4 Å². The lowest BCUT2D eigenvalue weighted by Gasteiger charge is -2.34. The zero-order valence-corrected chi connectivity index (χ0v) is 24.6. The van der Waals surface area contributed by atoms with E-state index in [-0.39, 0.29) is 18.5 Å². The molecule has 2 aromatic carbocycles. The Kier molecular flexibility index (Phi) is 11.1. The highest BCUT2D eigenvalue weighted by molar-refractivity contribution is 7.90. The number of aryl methyl sites for hydroxylation is 2. The SMILES string of the molecule is CC[C@@H](C)NC(=O)[C@H](CC)N(Cc1cccc(OC)c1)C(=O)CN(c1cc(C)ccc1C)S(=O)(=O)N(C)C. The summed E-state index contributed by atoms with van der Waals surface area (Å²) in [6.07, 6.45) is 1.11. The molecule has 0 bridgehead atoms. The van der Waals surface area contributed by atoms with Gasteiger partial charge in [-0.05, 0) is 68.5 Å². The number of benzene rings is 2. The van der Waals surface area contributed by atoms with Crippen LogP contribution in [0.5, 0.6) is 5.75 Å². The predicted octanol–water partition coefficient (Wildman–Crippen LogP) is 3.65. The molecule has 0 aliphatic heterocycles. The molecule has 1 N–H and O–H groups in total. The average Bonchev–Trinajstić information content (AvgIpc) is 2.88. The number of nitrogens with one attached hydrogen (secondary N) is 1. The van der Waals surface area contributed by atoms with E-state index in [1.54, 1.807) is 32.2 Å². The molecule has 0 saturated heterocycles. The smallest absolute Gasteiger partial charge is 0.304 e. The Balaban J connectivity index is 2.57. The lowest BCUT2D eigenvalue weighted by molar-refractivity contribution is -0.140. The Labute approximate surface area is 227 Å². The van der Waals surface area contributed by atoms with Crippen molar-refractivity contribution in [3.8, 4) is 5.75 Å². The molecule has 0 spiro atoms. The van der Waals surface area contributed by atoms with Gasteiger partial charge in [0.2, 0.25) is 11.8 Å². The van der Waals surface area contributed by atoms with Crippen LogP contribution in [0.1, 0.15) is 50.3 Å². The third-order valence-corrected chi connectivity index (χ3v) is 8.33. The van der Waals surface area contributed by atoms with E-state index in [1.165, 1.54) is 19.0 Å². The molecule has 38 heavy (non-hydrogen) atoms. The van der Waals surface area contributed by atoms with E-state index < -0.39 is 28.7 Å². The number of methoxy groups -OCH3 is 1. The average molecular weight is 547 g/mol. The van der Waals surface area contributed by atoms with Gasteiger partial charge in [0.1, 0.15) is 18.3 Å². The summed E-state index contributed by atoms with van der Waals surface area (Å²) in [6, 6.07) is 11.9. The molecular formula is C28H42N4O5S. The maximum atomic E-state index is 14.0. The molecule has 0 aliphatic rings. The van der Waals surface area contributed by atoms with Gasteiger partial charge in [0.25, 0.3) is 0 Å². The minimum atomic E-state index is -4.02. The highest BCUT2D eigenvalue weighted by Crippen LogP contribution is 2.26. The molecule has 9 nitrogen and oxygen atoms in total. The topological polar surface area (TPSA) is 99.3 Å². The van der Waals surface area contributed by atoms with E-state index in [0.717, 1.165) is 31.7 Å². The van der Waals surface area contributed by atoms with Gasteiger partial charge in [0.05, 0.1) is 12.8 Å². The molecule has 2 rings (SSSR count). The van der Waals surface area contributed by atoms with E-state index in [1.807, 2.05) is 52.0 Å². The second kappa shape index (κ2) is 13.6. The summed E-state index contributed by atoms with van der Waals surface area (Å²) in [5.41, 5.74) is 2.77. The molecule has 0 aliphatic carbocycles. The van der Waals surface area contributed by atoms with Crippen molar-refractivity contribution < 1.29 is 22.7 Å². The fourth-order valence-corrected chi connectivity index (χ4v) is 5.13. The van der Waals surface area contributed by atoms with Gasteiger partial charge in [-0.25, -0.2) is 4.31 Å². The van der Waals surface area contributed by atoms with Crippen molar-refractivity contribution in [2.75, 3.05) is 32.1 Å². The third kappa shape index (κ3) is 7.70. The van der Waals surface area contributed by atoms with Crippen LogP contribution in [0.15, 0.2) is 42.5 Å². The van der Waals surface area contributed by atoms with Crippen LogP contribution in [0.2, 0.25) is 0 Å². The van der Waals surface area contributed by atoms with E-state index in [4.69, 9.17) is 4.74 Å². The molecule has 0 aromatic heterocycles. The second-order valence-electron chi connectivity index (χ2n) is 9.70. The first-order valence-corrected chi connectivity index (χ1v) is 14.3. The minimum absolute atomic E-state index is 0.0640. The number of carbonyl (C=O) groups is 2. The van der Waals surface area contributed by atoms with E-state index in [2.05, 4.69) is 5.32 Å². The summed E-state index contributed by atoms with van der Waals surface area (Å²) in [4.78, 5) is 28.8. The highest BCUT2D eigenvalue weighted by Gasteiger charge is 2.34. The molecule has 210 valence electrons. The van der Waals surface area contributed by atoms with Gasteiger partial charge < -0.3 is 15.0 Å². The van der Waals surface area contributed by atoms with Crippen LogP contribution in [0.4, 0.5) is 5.69 Å². The van der Waals surface area contributed by atoms with Crippen LogP contribution in [0, 0.1) is 13.8 Å². The quantitative estimate of drug-likeness (QED) is 0.414. The summed E-state index contributed by atoms with van der Waals surface area (Å²) in [5, 5.41) is 2.98. The molecule has 0 heterocycles. The van der Waals surface area contributed by atoms with Crippen molar-refractivity contribution in [1.82, 2.24) is 14.5 Å². The Morgan fingerprint density at radius 1 is 1.03 bits per heavy atom. The first kappa shape index (κ1) is 31.1. The fourth-order valence-electron chi connectivity index (χ4n) is 4.02. The van der Waals surface area contributed by atoms with Gasteiger partial charge in [-0.15, -0.1) is 0 Å². The fraction of sp³-hybridized carbons (Fsp3) is 0.500. The van der Waals surface area contributed by atoms with Gasteiger partial charge >= 0.3 is 10.2 Å². The van der Waals surface area contributed by atoms with Crippen molar-refractivity contribution in [3.05, 3.63) is 59.2 Å². The lowest BCUT2D eigenvalue weighted by Crippen LogP contribution is -2.54. The molecule has 0 fully saturated rings. The van der Waals surface area contributed by atoms with Crippen molar-refractivity contribution in [2.24, 2.45) is 0 Å². The number of amides is 2. The Morgan fingerprint density at radius 2 is 1.71 bits per heavy atom. The largest absolute Gasteiger partial charge is 0.497 e. The van der Waals surface area contributed by atoms with Crippen molar-refractivity contribution >= 4 is 27.7 Å². The molecule has 0 radical (unpaired) electrons. The molecule has 0 saturated carbocycles. The number of hydrogen-bond acceptors (Lipinski definition) is 5.